The molecule has 5 heteroatoms. The maximum Gasteiger partial charge on any atom is 0.0733 e. The fourth-order valence-corrected chi connectivity index (χ4v) is 3.03. The standard InChI is InChI=1S/C12H23N3OS/c13-11(17)9-12(1-2-12)10-15-5-3-14(4-6-15)7-8-16/h16H,1-10H2,(H2,13,17). The number of hydrogen-bond donors (Lipinski definition) is 2. The first-order valence-corrected chi connectivity index (χ1v) is 6.88. The third-order valence-electron chi connectivity index (χ3n) is 3.95. The third-order valence-corrected chi connectivity index (χ3v) is 4.09. The van der Waals surface area contributed by atoms with Crippen LogP contribution in [0.4, 0.5) is 0 Å². The van der Waals surface area contributed by atoms with Gasteiger partial charge in [0.2, 0.25) is 0 Å². The van der Waals surface area contributed by atoms with Gasteiger partial charge >= 0.3 is 0 Å². The highest BCUT2D eigenvalue weighted by Gasteiger charge is 2.44. The van der Waals surface area contributed by atoms with Crippen molar-refractivity contribution in [3.63, 3.8) is 0 Å². The molecule has 1 heterocycles. The summed E-state index contributed by atoms with van der Waals surface area (Å²) in [6.07, 6.45) is 3.47. The highest BCUT2D eigenvalue weighted by atomic mass is 32.1. The van der Waals surface area contributed by atoms with Crippen LogP contribution < -0.4 is 5.73 Å². The molecule has 98 valence electrons. The molecule has 2 fully saturated rings. The van der Waals surface area contributed by atoms with Gasteiger partial charge in [0.15, 0.2) is 0 Å². The molecular formula is C12H23N3OS. The van der Waals surface area contributed by atoms with Crippen molar-refractivity contribution in [1.29, 1.82) is 0 Å². The summed E-state index contributed by atoms with van der Waals surface area (Å²) in [5.74, 6) is 0. The van der Waals surface area contributed by atoms with Crippen molar-refractivity contribution in [3.05, 3.63) is 0 Å². The zero-order valence-electron chi connectivity index (χ0n) is 10.4. The van der Waals surface area contributed by atoms with Crippen molar-refractivity contribution in [2.75, 3.05) is 45.9 Å². The van der Waals surface area contributed by atoms with Crippen molar-refractivity contribution >= 4 is 17.2 Å². The summed E-state index contributed by atoms with van der Waals surface area (Å²) in [4.78, 5) is 5.52. The predicted molar refractivity (Wildman–Crippen MR) is 73.0 cm³/mol. The van der Waals surface area contributed by atoms with Gasteiger partial charge in [0.25, 0.3) is 0 Å². The number of thiocarbonyl (C=S) groups is 1. The second kappa shape index (κ2) is 5.61. The second-order valence-electron chi connectivity index (χ2n) is 5.48. The average Bonchev–Trinajstić information content (AvgIpc) is 3.00. The maximum absolute atomic E-state index is 8.90. The van der Waals surface area contributed by atoms with Crippen LogP contribution in [-0.4, -0.2) is 65.8 Å². The molecule has 0 bridgehead atoms. The smallest absolute Gasteiger partial charge is 0.0733 e. The quantitative estimate of drug-likeness (QED) is 0.659. The molecule has 0 aromatic rings. The number of nitrogens with two attached hydrogens (primary N) is 1. The van der Waals surface area contributed by atoms with Gasteiger partial charge in [-0.1, -0.05) is 12.2 Å². The molecule has 0 aromatic heterocycles. The van der Waals surface area contributed by atoms with Gasteiger partial charge in [0.1, 0.15) is 0 Å². The fraction of sp³-hybridized carbons (Fsp3) is 0.917. The molecule has 0 atom stereocenters. The maximum atomic E-state index is 8.90. The first-order chi connectivity index (χ1) is 8.13. The number of aliphatic hydroxyl groups is 1. The van der Waals surface area contributed by atoms with Crippen molar-refractivity contribution in [2.45, 2.75) is 19.3 Å². The minimum Gasteiger partial charge on any atom is -0.395 e. The summed E-state index contributed by atoms with van der Waals surface area (Å²) in [6, 6.07) is 0. The van der Waals surface area contributed by atoms with E-state index in [2.05, 4.69) is 9.80 Å². The zero-order valence-corrected chi connectivity index (χ0v) is 11.2. The van der Waals surface area contributed by atoms with E-state index in [4.69, 9.17) is 23.1 Å². The number of nitrogens with zero attached hydrogens (tertiary/aromatic N) is 2. The Labute approximate surface area is 109 Å². The van der Waals surface area contributed by atoms with Gasteiger partial charge < -0.3 is 15.7 Å². The summed E-state index contributed by atoms with van der Waals surface area (Å²) in [5.41, 5.74) is 6.07. The summed E-state index contributed by atoms with van der Waals surface area (Å²) in [7, 11) is 0. The molecule has 0 spiro atoms. The van der Waals surface area contributed by atoms with Crippen molar-refractivity contribution in [1.82, 2.24) is 9.80 Å². The molecule has 4 nitrogen and oxygen atoms in total. The van der Waals surface area contributed by atoms with E-state index in [0.29, 0.717) is 10.4 Å². The van der Waals surface area contributed by atoms with E-state index in [1.165, 1.54) is 12.8 Å². The Morgan fingerprint density at radius 2 is 1.76 bits per heavy atom. The van der Waals surface area contributed by atoms with Crippen molar-refractivity contribution in [2.24, 2.45) is 11.1 Å². The molecule has 2 aliphatic rings. The van der Waals surface area contributed by atoms with E-state index < -0.39 is 0 Å². The van der Waals surface area contributed by atoms with Crippen LogP contribution in [0.2, 0.25) is 0 Å². The van der Waals surface area contributed by atoms with Crippen LogP contribution in [0.1, 0.15) is 19.3 Å². The van der Waals surface area contributed by atoms with Crippen LogP contribution in [0.25, 0.3) is 0 Å². The van der Waals surface area contributed by atoms with Gasteiger partial charge in [-0.05, 0) is 18.3 Å². The van der Waals surface area contributed by atoms with Crippen LogP contribution in [0.15, 0.2) is 0 Å². The summed E-state index contributed by atoms with van der Waals surface area (Å²) in [6.45, 7) is 6.60. The predicted octanol–water partition coefficient (Wildman–Crippen LogP) is 0.0527. The van der Waals surface area contributed by atoms with Crippen LogP contribution in [-0.2, 0) is 0 Å². The van der Waals surface area contributed by atoms with E-state index >= 15 is 0 Å². The Morgan fingerprint density at radius 1 is 1.18 bits per heavy atom. The lowest BCUT2D eigenvalue weighted by molar-refractivity contribution is 0.0988. The molecule has 0 amide bonds. The third kappa shape index (κ3) is 3.88. The summed E-state index contributed by atoms with van der Waals surface area (Å²) in [5, 5.41) is 8.90. The van der Waals surface area contributed by atoms with E-state index in [1.54, 1.807) is 0 Å². The van der Waals surface area contributed by atoms with Crippen LogP contribution in [0.5, 0.6) is 0 Å². The van der Waals surface area contributed by atoms with E-state index in [0.717, 1.165) is 45.7 Å². The number of hydrogen-bond acceptors (Lipinski definition) is 4. The topological polar surface area (TPSA) is 52.7 Å². The number of rotatable bonds is 6. The Bertz CT molecular complexity index is 273. The van der Waals surface area contributed by atoms with E-state index in [-0.39, 0.29) is 6.61 Å². The summed E-state index contributed by atoms with van der Waals surface area (Å²) < 4.78 is 0. The molecule has 0 unspecified atom stereocenters. The van der Waals surface area contributed by atoms with E-state index in [9.17, 15) is 0 Å². The van der Waals surface area contributed by atoms with Gasteiger partial charge in [0.05, 0.1) is 11.6 Å². The SMILES string of the molecule is NC(=S)CC1(CN2CCN(CCO)CC2)CC1. The molecular weight excluding hydrogens is 234 g/mol. The van der Waals surface area contributed by atoms with Gasteiger partial charge in [-0.2, -0.15) is 0 Å². The Hall–Kier alpha value is -0.230. The van der Waals surface area contributed by atoms with Crippen molar-refractivity contribution in [3.8, 4) is 0 Å². The Kier molecular flexibility index (Phi) is 4.36. The number of piperazine rings is 1. The minimum atomic E-state index is 0.269. The normalized spacial score (nSPS) is 24.8. The molecule has 3 N–H and O–H groups in total. The first-order valence-electron chi connectivity index (χ1n) is 6.47. The highest BCUT2D eigenvalue weighted by molar-refractivity contribution is 7.80. The molecule has 0 aromatic carbocycles. The van der Waals surface area contributed by atoms with Crippen LogP contribution in [0, 0.1) is 5.41 Å². The fourth-order valence-electron chi connectivity index (χ4n) is 2.72. The van der Waals surface area contributed by atoms with Crippen molar-refractivity contribution < 1.29 is 5.11 Å². The lowest BCUT2D eigenvalue weighted by Crippen LogP contribution is -2.48. The number of β-amino-alcohol motifs (C(OH)–C–C–N with tert-alkyl or cyclic N) is 1. The monoisotopic (exact) mass is 257 g/mol. The minimum absolute atomic E-state index is 0.269. The molecule has 2 rings (SSSR count). The molecule has 1 saturated carbocycles. The molecule has 17 heavy (non-hydrogen) atoms. The second-order valence-corrected chi connectivity index (χ2v) is 6.01. The van der Waals surface area contributed by atoms with Crippen LogP contribution in [0.3, 0.4) is 0 Å². The number of aliphatic hydroxyl groups excluding tert-OH is 1. The zero-order chi connectivity index (χ0) is 12.3. The largest absolute Gasteiger partial charge is 0.395 e. The van der Waals surface area contributed by atoms with Gasteiger partial charge in [-0.15, -0.1) is 0 Å². The Morgan fingerprint density at radius 3 is 2.24 bits per heavy atom. The molecule has 1 aliphatic heterocycles. The summed E-state index contributed by atoms with van der Waals surface area (Å²) >= 11 is 5.03. The lowest BCUT2D eigenvalue weighted by atomic mass is 10.0. The highest BCUT2D eigenvalue weighted by Crippen LogP contribution is 2.49. The van der Waals surface area contributed by atoms with Gasteiger partial charge in [-0.25, -0.2) is 0 Å². The van der Waals surface area contributed by atoms with Crippen LogP contribution >= 0.6 is 12.2 Å². The lowest BCUT2D eigenvalue weighted by Gasteiger charge is -2.36. The first kappa shape index (κ1) is 13.2. The Balaban J connectivity index is 1.73. The average molecular weight is 257 g/mol. The van der Waals surface area contributed by atoms with Gasteiger partial charge in [0, 0.05) is 45.7 Å². The molecule has 1 aliphatic carbocycles. The van der Waals surface area contributed by atoms with Gasteiger partial charge in [-0.3, -0.25) is 4.90 Å². The molecule has 0 radical (unpaired) electrons. The molecule has 1 saturated heterocycles. The van der Waals surface area contributed by atoms with E-state index in [1.807, 2.05) is 0 Å².